The molecule has 0 unspecified atom stereocenters. The Kier molecular flexibility index (Phi) is 2.68. The second-order valence-corrected chi connectivity index (χ2v) is 4.48. The molecule has 1 aromatic carbocycles. The Labute approximate surface area is 87.3 Å². The maximum Gasteiger partial charge on any atom is 0.116 e. The van der Waals surface area contributed by atoms with Gasteiger partial charge in [0.05, 0.1) is 0 Å². The number of phenolic OH excluding ortho intramolecular Hbond substituents is 1. The van der Waals surface area contributed by atoms with Crippen molar-refractivity contribution in [3.05, 3.63) is 30.0 Å². The first kappa shape index (κ1) is 9.46. The molecule has 0 radical (unpaired) electrons. The molecule has 1 heterocycles. The van der Waals surface area contributed by atoms with E-state index in [4.69, 9.17) is 0 Å². The largest absolute Gasteiger partial charge is 0.508 e. The number of fused-ring (bicyclic) bond motifs is 1. The van der Waals surface area contributed by atoms with Crippen molar-refractivity contribution < 1.29 is 5.11 Å². The standard InChI is InChI=1S/C11H13NOS/c1-2-14-7-9-5-8-6-10(13)3-4-11(8)12-9/h3-6,12-13H,2,7H2,1H3. The van der Waals surface area contributed by atoms with Gasteiger partial charge in [-0.1, -0.05) is 6.92 Å². The number of H-pyrrole nitrogens is 1. The number of hydrogen-bond donors (Lipinski definition) is 2. The summed E-state index contributed by atoms with van der Waals surface area (Å²) in [5.41, 5.74) is 2.31. The molecule has 2 aromatic rings. The van der Waals surface area contributed by atoms with Crippen LogP contribution in [-0.2, 0) is 5.75 Å². The first-order valence-corrected chi connectivity index (χ1v) is 5.83. The maximum atomic E-state index is 9.30. The minimum atomic E-state index is 0.325. The molecule has 3 heteroatoms. The van der Waals surface area contributed by atoms with E-state index >= 15 is 0 Å². The lowest BCUT2D eigenvalue weighted by Crippen LogP contribution is -1.78. The van der Waals surface area contributed by atoms with Gasteiger partial charge in [0.15, 0.2) is 0 Å². The number of hydrogen-bond acceptors (Lipinski definition) is 2. The molecule has 0 amide bonds. The number of rotatable bonds is 3. The lowest BCUT2D eigenvalue weighted by atomic mass is 10.2. The molecule has 0 aliphatic carbocycles. The Morgan fingerprint density at radius 3 is 3.00 bits per heavy atom. The summed E-state index contributed by atoms with van der Waals surface area (Å²) < 4.78 is 0. The Hall–Kier alpha value is -1.09. The molecule has 2 rings (SSSR count). The minimum absolute atomic E-state index is 0.325. The summed E-state index contributed by atoms with van der Waals surface area (Å²) in [6, 6.07) is 7.49. The van der Waals surface area contributed by atoms with E-state index < -0.39 is 0 Å². The van der Waals surface area contributed by atoms with Crippen LogP contribution in [0.4, 0.5) is 0 Å². The summed E-state index contributed by atoms with van der Waals surface area (Å²) in [6.45, 7) is 2.15. The Balaban J connectivity index is 2.32. The van der Waals surface area contributed by atoms with Crippen molar-refractivity contribution in [3.8, 4) is 5.75 Å². The molecule has 74 valence electrons. The monoisotopic (exact) mass is 207 g/mol. The molecule has 2 nitrogen and oxygen atoms in total. The molecule has 0 bridgehead atoms. The predicted octanol–water partition coefficient (Wildman–Crippen LogP) is 3.13. The van der Waals surface area contributed by atoms with Gasteiger partial charge in [0, 0.05) is 22.3 Å². The van der Waals surface area contributed by atoms with Crippen molar-refractivity contribution >= 4 is 22.7 Å². The highest BCUT2D eigenvalue weighted by atomic mass is 32.2. The Morgan fingerprint density at radius 1 is 1.36 bits per heavy atom. The number of phenols is 1. The first-order chi connectivity index (χ1) is 6.79. The van der Waals surface area contributed by atoms with Crippen LogP contribution in [0.3, 0.4) is 0 Å². The quantitative estimate of drug-likeness (QED) is 0.811. The second-order valence-electron chi connectivity index (χ2n) is 3.20. The van der Waals surface area contributed by atoms with E-state index in [-0.39, 0.29) is 0 Å². The smallest absolute Gasteiger partial charge is 0.116 e. The number of benzene rings is 1. The van der Waals surface area contributed by atoms with E-state index in [1.165, 1.54) is 5.69 Å². The van der Waals surface area contributed by atoms with Gasteiger partial charge in [0.25, 0.3) is 0 Å². The molecule has 1 aromatic heterocycles. The molecule has 0 aliphatic heterocycles. The summed E-state index contributed by atoms with van der Waals surface area (Å²) in [7, 11) is 0. The molecule has 0 aliphatic rings. The maximum absolute atomic E-state index is 9.30. The SMILES string of the molecule is CCSCc1cc2cc(O)ccc2[nH]1. The summed E-state index contributed by atoms with van der Waals surface area (Å²) in [6.07, 6.45) is 0. The van der Waals surface area contributed by atoms with Crippen LogP contribution in [0.25, 0.3) is 10.9 Å². The van der Waals surface area contributed by atoms with Crippen LogP contribution in [0.1, 0.15) is 12.6 Å². The van der Waals surface area contributed by atoms with Crippen LogP contribution >= 0.6 is 11.8 Å². The van der Waals surface area contributed by atoms with E-state index in [2.05, 4.69) is 18.0 Å². The number of thioether (sulfide) groups is 1. The van der Waals surface area contributed by atoms with E-state index in [0.29, 0.717) is 5.75 Å². The van der Waals surface area contributed by atoms with Crippen molar-refractivity contribution in [2.75, 3.05) is 5.75 Å². The van der Waals surface area contributed by atoms with Gasteiger partial charge in [0.2, 0.25) is 0 Å². The normalized spacial score (nSPS) is 10.9. The van der Waals surface area contributed by atoms with Gasteiger partial charge in [-0.2, -0.15) is 11.8 Å². The third-order valence-corrected chi connectivity index (χ3v) is 3.05. The highest BCUT2D eigenvalue weighted by Gasteiger charge is 2.00. The number of aromatic hydroxyl groups is 1. The van der Waals surface area contributed by atoms with Gasteiger partial charge < -0.3 is 10.1 Å². The van der Waals surface area contributed by atoms with Gasteiger partial charge in [-0.3, -0.25) is 0 Å². The minimum Gasteiger partial charge on any atom is -0.508 e. The molecule has 2 N–H and O–H groups in total. The van der Waals surface area contributed by atoms with Gasteiger partial charge in [-0.25, -0.2) is 0 Å². The molecular formula is C11H13NOS. The topological polar surface area (TPSA) is 36.0 Å². The zero-order valence-corrected chi connectivity index (χ0v) is 8.90. The Bertz CT molecular complexity index is 436. The summed E-state index contributed by atoms with van der Waals surface area (Å²) in [5.74, 6) is 2.46. The van der Waals surface area contributed by atoms with Crippen molar-refractivity contribution in [2.24, 2.45) is 0 Å². The van der Waals surface area contributed by atoms with E-state index in [1.807, 2.05) is 17.8 Å². The molecule has 0 saturated heterocycles. The highest BCUT2D eigenvalue weighted by Crippen LogP contribution is 2.22. The fourth-order valence-electron chi connectivity index (χ4n) is 1.47. The van der Waals surface area contributed by atoms with E-state index in [1.54, 1.807) is 12.1 Å². The van der Waals surface area contributed by atoms with Crippen LogP contribution in [-0.4, -0.2) is 15.8 Å². The molecule has 0 saturated carbocycles. The third kappa shape index (κ3) is 1.87. The van der Waals surface area contributed by atoms with Gasteiger partial charge >= 0.3 is 0 Å². The predicted molar refractivity (Wildman–Crippen MR) is 61.8 cm³/mol. The summed E-state index contributed by atoms with van der Waals surface area (Å²) in [5, 5.41) is 10.4. The molecule has 0 fully saturated rings. The van der Waals surface area contributed by atoms with Crippen LogP contribution in [0, 0.1) is 0 Å². The second kappa shape index (κ2) is 3.96. The van der Waals surface area contributed by atoms with Crippen LogP contribution < -0.4 is 0 Å². The van der Waals surface area contributed by atoms with Crippen LogP contribution in [0.15, 0.2) is 24.3 Å². The Morgan fingerprint density at radius 2 is 2.21 bits per heavy atom. The molecule has 0 spiro atoms. The fourth-order valence-corrected chi connectivity index (χ4v) is 2.05. The highest BCUT2D eigenvalue weighted by molar-refractivity contribution is 7.98. The van der Waals surface area contributed by atoms with Crippen LogP contribution in [0.5, 0.6) is 5.75 Å². The van der Waals surface area contributed by atoms with Gasteiger partial charge in [-0.15, -0.1) is 0 Å². The number of aromatic nitrogens is 1. The van der Waals surface area contributed by atoms with Gasteiger partial charge in [0.1, 0.15) is 5.75 Å². The van der Waals surface area contributed by atoms with Crippen molar-refractivity contribution in [3.63, 3.8) is 0 Å². The summed E-state index contributed by atoms with van der Waals surface area (Å²) >= 11 is 1.89. The van der Waals surface area contributed by atoms with Crippen molar-refractivity contribution in [1.29, 1.82) is 0 Å². The third-order valence-electron chi connectivity index (χ3n) is 2.12. The van der Waals surface area contributed by atoms with E-state index in [9.17, 15) is 5.11 Å². The zero-order valence-electron chi connectivity index (χ0n) is 8.08. The average Bonchev–Trinajstić information content (AvgIpc) is 2.56. The van der Waals surface area contributed by atoms with Crippen LogP contribution in [0.2, 0.25) is 0 Å². The lowest BCUT2D eigenvalue weighted by molar-refractivity contribution is 0.476. The molecule has 14 heavy (non-hydrogen) atoms. The van der Waals surface area contributed by atoms with E-state index in [0.717, 1.165) is 22.4 Å². The average molecular weight is 207 g/mol. The zero-order chi connectivity index (χ0) is 9.97. The van der Waals surface area contributed by atoms with Crippen molar-refractivity contribution in [1.82, 2.24) is 4.98 Å². The lowest BCUT2D eigenvalue weighted by Gasteiger charge is -1.92. The molecular weight excluding hydrogens is 194 g/mol. The summed E-state index contributed by atoms with van der Waals surface area (Å²) in [4.78, 5) is 3.33. The molecule has 0 atom stereocenters. The first-order valence-electron chi connectivity index (χ1n) is 4.68. The fraction of sp³-hybridized carbons (Fsp3) is 0.273. The number of nitrogens with one attached hydrogen (secondary N) is 1. The number of aromatic amines is 1. The van der Waals surface area contributed by atoms with Gasteiger partial charge in [-0.05, 0) is 30.0 Å². The van der Waals surface area contributed by atoms with Crippen molar-refractivity contribution in [2.45, 2.75) is 12.7 Å².